The molecule has 0 saturated carbocycles. The minimum atomic E-state index is -4.37. The van der Waals surface area contributed by atoms with E-state index in [9.17, 15) is 19.4 Å². The fraction of sp³-hybridized carbons (Fsp3) is 0.740. The van der Waals surface area contributed by atoms with Gasteiger partial charge in [0.1, 0.15) is 13.2 Å². The van der Waals surface area contributed by atoms with Crippen molar-refractivity contribution in [2.45, 2.75) is 309 Å². The van der Waals surface area contributed by atoms with Gasteiger partial charge in [0, 0.05) is 6.42 Å². The number of hydrogen-bond acceptors (Lipinski definition) is 5. The van der Waals surface area contributed by atoms with E-state index in [-0.39, 0.29) is 19.1 Å². The molecule has 3 N–H and O–H groups in total. The highest BCUT2D eigenvalue weighted by atomic mass is 31.2. The van der Waals surface area contributed by atoms with E-state index in [1.165, 1.54) is 186 Å². The molecule has 474 valence electrons. The number of carbonyl (C=O) groups is 1. The fourth-order valence-corrected chi connectivity index (χ4v) is 10.4. The molecule has 0 bridgehead atoms. The van der Waals surface area contributed by atoms with Crippen LogP contribution in [0.2, 0.25) is 0 Å². The van der Waals surface area contributed by atoms with Crippen LogP contribution in [0, 0.1) is 0 Å². The van der Waals surface area contributed by atoms with Gasteiger partial charge in [-0.3, -0.25) is 13.8 Å². The molecule has 0 aliphatic rings. The molecule has 0 radical (unpaired) electrons. The van der Waals surface area contributed by atoms with E-state index in [0.717, 1.165) is 89.9 Å². The molecular weight excluding hydrogens is 1030 g/mol. The average molecular weight is 1160 g/mol. The summed E-state index contributed by atoms with van der Waals surface area (Å²) in [7, 11) is 1.54. The second kappa shape index (κ2) is 62.7. The summed E-state index contributed by atoms with van der Waals surface area (Å²) in [6.45, 7) is 4.69. The lowest BCUT2D eigenvalue weighted by Crippen LogP contribution is -2.45. The van der Waals surface area contributed by atoms with Gasteiger partial charge in [-0.05, 0) is 96.3 Å². The first-order valence-corrected chi connectivity index (χ1v) is 35.8. The molecule has 0 spiro atoms. The Morgan fingerprint density at radius 2 is 0.744 bits per heavy atom. The maximum atomic E-state index is 13.0. The van der Waals surface area contributed by atoms with Crippen LogP contribution >= 0.6 is 7.82 Å². The highest BCUT2D eigenvalue weighted by molar-refractivity contribution is 7.47. The van der Waals surface area contributed by atoms with E-state index in [0.29, 0.717) is 17.4 Å². The van der Waals surface area contributed by atoms with Gasteiger partial charge in [-0.2, -0.15) is 0 Å². The van der Waals surface area contributed by atoms with Gasteiger partial charge in [-0.25, -0.2) is 4.57 Å². The minimum Gasteiger partial charge on any atom is -0.387 e. The lowest BCUT2D eigenvalue weighted by Gasteiger charge is -2.25. The molecule has 0 rings (SSSR count). The summed E-state index contributed by atoms with van der Waals surface area (Å²) < 4.78 is 23.8. The van der Waals surface area contributed by atoms with Crippen molar-refractivity contribution in [3.8, 4) is 0 Å². The molecule has 0 heterocycles. The van der Waals surface area contributed by atoms with Gasteiger partial charge in [0.25, 0.3) is 0 Å². The molecule has 9 heteroatoms. The number of carbonyl (C=O) groups excluding carboxylic acids is 1. The van der Waals surface area contributed by atoms with Crippen LogP contribution < -0.4 is 5.32 Å². The van der Waals surface area contributed by atoms with E-state index in [4.69, 9.17) is 9.05 Å². The number of amides is 1. The number of phosphoric ester groups is 1. The lowest BCUT2D eigenvalue weighted by molar-refractivity contribution is -0.870. The van der Waals surface area contributed by atoms with Crippen molar-refractivity contribution in [2.24, 2.45) is 0 Å². The number of nitrogens with zero attached hydrogens (tertiary/aromatic N) is 1. The third-order valence-electron chi connectivity index (χ3n) is 15.0. The summed E-state index contributed by atoms with van der Waals surface area (Å²) in [4.78, 5) is 23.4. The van der Waals surface area contributed by atoms with Crippen LogP contribution in [-0.4, -0.2) is 73.4 Å². The molecule has 1 amide bonds. The Bertz CT molecular complexity index is 1700. The zero-order valence-corrected chi connectivity index (χ0v) is 55.1. The van der Waals surface area contributed by atoms with Crippen LogP contribution in [0.1, 0.15) is 296 Å². The van der Waals surface area contributed by atoms with Gasteiger partial charge in [-0.15, -0.1) is 0 Å². The number of phosphoric acid groups is 1. The maximum Gasteiger partial charge on any atom is 0.472 e. The Morgan fingerprint density at radius 1 is 0.427 bits per heavy atom. The van der Waals surface area contributed by atoms with Gasteiger partial charge in [0.2, 0.25) is 5.91 Å². The van der Waals surface area contributed by atoms with Crippen molar-refractivity contribution in [1.29, 1.82) is 0 Å². The Labute approximate surface area is 508 Å². The van der Waals surface area contributed by atoms with E-state index in [1.54, 1.807) is 6.08 Å². The van der Waals surface area contributed by atoms with Crippen molar-refractivity contribution in [2.75, 3.05) is 40.9 Å². The number of aliphatic hydroxyl groups is 1. The zero-order valence-electron chi connectivity index (χ0n) is 54.2. The van der Waals surface area contributed by atoms with Crippen molar-refractivity contribution < 1.29 is 32.9 Å². The summed E-state index contributed by atoms with van der Waals surface area (Å²) in [6, 6.07) is -0.882. The van der Waals surface area contributed by atoms with E-state index in [1.807, 2.05) is 27.2 Å². The van der Waals surface area contributed by atoms with Gasteiger partial charge in [0.15, 0.2) is 0 Å². The quantitative estimate of drug-likeness (QED) is 0.0243. The number of aliphatic hydroxyl groups excluding tert-OH is 1. The third-order valence-corrected chi connectivity index (χ3v) is 15.9. The monoisotopic (exact) mass is 1160 g/mol. The molecule has 8 nitrogen and oxygen atoms in total. The molecule has 0 fully saturated rings. The number of quaternary nitrogens is 1. The van der Waals surface area contributed by atoms with E-state index < -0.39 is 20.0 Å². The smallest absolute Gasteiger partial charge is 0.387 e. The van der Waals surface area contributed by atoms with Crippen LogP contribution in [0.5, 0.6) is 0 Å². The van der Waals surface area contributed by atoms with Crippen LogP contribution in [0.4, 0.5) is 0 Å². The minimum absolute atomic E-state index is 0.0476. The maximum absolute atomic E-state index is 13.0. The van der Waals surface area contributed by atoms with Crippen LogP contribution in [-0.2, 0) is 18.4 Å². The second-order valence-corrected chi connectivity index (χ2v) is 25.6. The molecule has 82 heavy (non-hydrogen) atoms. The molecule has 3 unspecified atom stereocenters. The first-order chi connectivity index (χ1) is 40.0. The normalized spacial score (nSPS) is 14.4. The molecule has 0 aromatic heterocycles. The Morgan fingerprint density at radius 3 is 1.12 bits per heavy atom. The molecule has 0 aromatic carbocycles. The standard InChI is InChI=1S/C73H131N2O6P/c1-6-8-10-12-14-16-18-20-22-24-26-28-30-32-34-36-37-39-40-42-44-46-48-50-52-54-56-58-60-62-64-66-72(76)71(70-81-82(78,79)80-69-68-75(3,4)5)74-73(77)67-65-63-61-59-57-55-53-51-49-47-45-43-41-38-35-33-31-29-27-25-23-21-19-17-15-13-11-9-7-2/h9,11,15,17,21,23,27,29,33,35,41,43,48,50,56,58,64,66,71-72,76H,6-8,10,12-14,16,18-20,22,24-26,28,30-32,34,36-40,42,44-47,49,51-55,57,59-63,65,67-70H2,1-5H3,(H-,74,77,78,79)/p+1/b11-9-,17-15-,23-21-,29-27-,35-33-,43-41-,50-48+,58-56+,66-64+. The van der Waals surface area contributed by atoms with Crippen molar-refractivity contribution >= 4 is 13.7 Å². The third kappa shape index (κ3) is 64.7. The molecule has 3 atom stereocenters. The molecule has 0 aliphatic heterocycles. The SMILES string of the molecule is CC/C=C\C/C=C\C/C=C\C/C=C\C/C=C\C/C=C\CCCCCCCCCCCCC(=O)NC(COP(=O)(O)OCC[N+](C)(C)C)C(O)/C=C/CC/C=C/CC/C=C/CCCCCCCCCCCCCCCCCCCCCCC. The highest BCUT2D eigenvalue weighted by Crippen LogP contribution is 2.43. The summed E-state index contributed by atoms with van der Waals surface area (Å²) in [5.41, 5.74) is 0. The Hall–Kier alpha value is -2.84. The number of unbranched alkanes of at least 4 members (excludes halogenated alkanes) is 33. The van der Waals surface area contributed by atoms with Gasteiger partial charge in [0.05, 0.1) is 39.9 Å². The highest BCUT2D eigenvalue weighted by Gasteiger charge is 2.28. The largest absolute Gasteiger partial charge is 0.472 e. The molecule has 0 aliphatic carbocycles. The molecular formula is C73H132N2O6P+. The predicted octanol–water partition coefficient (Wildman–Crippen LogP) is 21.9. The van der Waals surface area contributed by atoms with Gasteiger partial charge >= 0.3 is 7.82 Å². The number of hydrogen-bond donors (Lipinski definition) is 3. The summed E-state index contributed by atoms with van der Waals surface area (Å²) in [6.07, 6.45) is 92.3. The predicted molar refractivity (Wildman–Crippen MR) is 359 cm³/mol. The molecule has 0 aromatic rings. The first-order valence-electron chi connectivity index (χ1n) is 34.3. The van der Waals surface area contributed by atoms with E-state index >= 15 is 0 Å². The first kappa shape index (κ1) is 79.2. The van der Waals surface area contributed by atoms with Crippen LogP contribution in [0.3, 0.4) is 0 Å². The molecule has 0 saturated heterocycles. The zero-order chi connectivity index (χ0) is 59.8. The second-order valence-electron chi connectivity index (χ2n) is 24.2. The van der Waals surface area contributed by atoms with Crippen molar-refractivity contribution in [3.63, 3.8) is 0 Å². The van der Waals surface area contributed by atoms with Crippen molar-refractivity contribution in [1.82, 2.24) is 5.32 Å². The summed E-state index contributed by atoms with van der Waals surface area (Å²) in [5, 5.41) is 14.0. The number of rotatable bonds is 62. The number of likely N-dealkylation sites (N-methyl/N-ethyl adjacent to an activating group) is 1. The van der Waals surface area contributed by atoms with E-state index in [2.05, 4.69) is 116 Å². The van der Waals surface area contributed by atoms with Crippen molar-refractivity contribution in [3.05, 3.63) is 109 Å². The fourth-order valence-electron chi connectivity index (χ4n) is 9.67. The van der Waals surface area contributed by atoms with Crippen LogP contribution in [0.25, 0.3) is 0 Å². The Kier molecular flexibility index (Phi) is 60.5. The van der Waals surface area contributed by atoms with Gasteiger partial charge in [-0.1, -0.05) is 303 Å². The summed E-state index contributed by atoms with van der Waals surface area (Å²) in [5.74, 6) is -0.198. The topological polar surface area (TPSA) is 105 Å². The number of allylic oxidation sites excluding steroid dienone is 17. The van der Waals surface area contributed by atoms with Gasteiger partial charge < -0.3 is 19.8 Å². The lowest BCUT2D eigenvalue weighted by atomic mass is 10.0. The Balaban J connectivity index is 4.19. The summed E-state index contributed by atoms with van der Waals surface area (Å²) >= 11 is 0. The number of nitrogens with one attached hydrogen (secondary N) is 1. The van der Waals surface area contributed by atoms with Crippen LogP contribution in [0.15, 0.2) is 109 Å². The average Bonchev–Trinajstić information content (AvgIpc) is 3.47.